The van der Waals surface area contributed by atoms with Crippen LogP contribution in [0.1, 0.15) is 66.5 Å². The van der Waals surface area contributed by atoms with Crippen LogP contribution in [0, 0.1) is 0 Å². The first-order valence-electron chi connectivity index (χ1n) is 10.1. The predicted octanol–water partition coefficient (Wildman–Crippen LogP) is 3.43. The lowest BCUT2D eigenvalue weighted by Gasteiger charge is -2.21. The van der Waals surface area contributed by atoms with Gasteiger partial charge in [-0.2, -0.15) is 0 Å². The van der Waals surface area contributed by atoms with Gasteiger partial charge in [0, 0.05) is 24.6 Å². The second-order valence-corrected chi connectivity index (χ2v) is 7.72. The number of aromatic nitrogens is 3. The van der Waals surface area contributed by atoms with Gasteiger partial charge in [0.2, 0.25) is 0 Å². The maximum atomic E-state index is 13.0. The maximum absolute atomic E-state index is 13.0. The van der Waals surface area contributed by atoms with E-state index in [1.807, 2.05) is 34.0 Å². The smallest absolute Gasteiger partial charge is 0.276 e. The minimum atomic E-state index is -0.0357. The van der Waals surface area contributed by atoms with E-state index < -0.39 is 0 Å². The molecule has 7 nitrogen and oxygen atoms in total. The van der Waals surface area contributed by atoms with E-state index in [9.17, 15) is 4.79 Å². The fourth-order valence-electron chi connectivity index (χ4n) is 4.42. The minimum absolute atomic E-state index is 0.0357. The van der Waals surface area contributed by atoms with E-state index in [0.29, 0.717) is 24.8 Å². The summed E-state index contributed by atoms with van der Waals surface area (Å²) in [6.07, 6.45) is 8.72. The molecular formula is C21H28N4O3. The van der Waals surface area contributed by atoms with Crippen molar-refractivity contribution < 1.29 is 14.3 Å². The molecular weight excluding hydrogens is 356 g/mol. The quantitative estimate of drug-likeness (QED) is 0.790. The predicted molar refractivity (Wildman–Crippen MR) is 105 cm³/mol. The molecule has 1 atom stereocenters. The first-order chi connectivity index (χ1) is 13.7. The van der Waals surface area contributed by atoms with Crippen molar-refractivity contribution in [2.24, 2.45) is 0 Å². The van der Waals surface area contributed by atoms with Gasteiger partial charge < -0.3 is 14.4 Å². The highest BCUT2D eigenvalue weighted by molar-refractivity contribution is 5.92. The van der Waals surface area contributed by atoms with Gasteiger partial charge in [0.15, 0.2) is 5.69 Å². The third-order valence-electron chi connectivity index (χ3n) is 6.03. The van der Waals surface area contributed by atoms with Gasteiger partial charge >= 0.3 is 0 Å². The number of carbonyl (C=O) groups excluding carboxylic acids is 1. The highest BCUT2D eigenvalue weighted by atomic mass is 16.5. The van der Waals surface area contributed by atoms with Gasteiger partial charge in [-0.3, -0.25) is 4.79 Å². The lowest BCUT2D eigenvalue weighted by Crippen LogP contribution is -2.28. The zero-order valence-electron chi connectivity index (χ0n) is 16.6. The molecule has 1 aromatic carbocycles. The van der Waals surface area contributed by atoms with Crippen LogP contribution in [0.3, 0.4) is 0 Å². The first-order valence-corrected chi connectivity index (χ1v) is 10.1. The van der Waals surface area contributed by atoms with Crippen LogP contribution in [0.15, 0.2) is 24.4 Å². The molecule has 1 aromatic heterocycles. The van der Waals surface area contributed by atoms with Crippen molar-refractivity contribution in [2.75, 3.05) is 27.3 Å². The van der Waals surface area contributed by atoms with Crippen LogP contribution in [0.25, 0.3) is 0 Å². The summed E-state index contributed by atoms with van der Waals surface area (Å²) in [5.41, 5.74) is 1.53. The van der Waals surface area contributed by atoms with Crippen LogP contribution in [-0.2, 0) is 0 Å². The van der Waals surface area contributed by atoms with Crippen molar-refractivity contribution in [2.45, 2.75) is 50.5 Å². The number of rotatable bonds is 5. The molecule has 1 saturated heterocycles. The van der Waals surface area contributed by atoms with Gasteiger partial charge in [0.05, 0.1) is 26.5 Å². The number of likely N-dealkylation sites (tertiary alicyclic amines) is 1. The van der Waals surface area contributed by atoms with Gasteiger partial charge in [0.1, 0.15) is 11.5 Å². The number of methoxy groups -OCH3 is 2. The van der Waals surface area contributed by atoms with Gasteiger partial charge in [-0.15, -0.1) is 5.10 Å². The fraction of sp³-hybridized carbons (Fsp3) is 0.571. The third-order valence-corrected chi connectivity index (χ3v) is 6.03. The number of carbonyl (C=O) groups is 1. The molecule has 1 aliphatic heterocycles. The average molecular weight is 384 g/mol. The van der Waals surface area contributed by atoms with Crippen molar-refractivity contribution in [1.29, 1.82) is 0 Å². The number of nitrogens with zero attached hydrogens (tertiary/aromatic N) is 4. The van der Waals surface area contributed by atoms with Crippen LogP contribution in [0.2, 0.25) is 0 Å². The van der Waals surface area contributed by atoms with Gasteiger partial charge in [-0.1, -0.05) is 24.5 Å². The monoisotopic (exact) mass is 384 g/mol. The molecule has 2 aromatic rings. The van der Waals surface area contributed by atoms with E-state index in [1.165, 1.54) is 19.3 Å². The first kappa shape index (κ1) is 18.8. The van der Waals surface area contributed by atoms with Crippen molar-refractivity contribution in [3.63, 3.8) is 0 Å². The van der Waals surface area contributed by atoms with Gasteiger partial charge in [-0.25, -0.2) is 4.68 Å². The fourth-order valence-corrected chi connectivity index (χ4v) is 4.42. The summed E-state index contributed by atoms with van der Waals surface area (Å²) < 4.78 is 12.8. The van der Waals surface area contributed by atoms with E-state index >= 15 is 0 Å². The Bertz CT molecular complexity index is 829. The van der Waals surface area contributed by atoms with E-state index in [-0.39, 0.29) is 11.8 Å². The van der Waals surface area contributed by atoms with Crippen LogP contribution >= 0.6 is 0 Å². The second-order valence-electron chi connectivity index (χ2n) is 7.72. The topological polar surface area (TPSA) is 69.5 Å². The molecule has 2 aliphatic rings. The lowest BCUT2D eigenvalue weighted by molar-refractivity contribution is 0.0784. The van der Waals surface area contributed by atoms with E-state index in [2.05, 4.69) is 10.3 Å². The van der Waals surface area contributed by atoms with Crippen molar-refractivity contribution >= 4 is 5.91 Å². The van der Waals surface area contributed by atoms with Crippen molar-refractivity contribution in [3.05, 3.63) is 35.7 Å². The Labute approximate surface area is 165 Å². The molecule has 1 unspecified atom stereocenters. The van der Waals surface area contributed by atoms with Crippen molar-refractivity contribution in [3.8, 4) is 11.5 Å². The van der Waals surface area contributed by atoms with E-state index in [1.54, 1.807) is 14.2 Å². The summed E-state index contributed by atoms with van der Waals surface area (Å²) in [5.74, 6) is 1.83. The van der Waals surface area contributed by atoms with E-state index in [4.69, 9.17) is 9.47 Å². The summed E-state index contributed by atoms with van der Waals surface area (Å²) in [4.78, 5) is 14.8. The zero-order valence-corrected chi connectivity index (χ0v) is 16.6. The maximum Gasteiger partial charge on any atom is 0.276 e. The standard InChI is InChI=1S/C21H28N4O3/c1-27-17-8-9-20(28-2)18(12-17)15-10-11-24(13-15)21(26)19-14-25(23-22-19)16-6-4-3-5-7-16/h8-9,12,14-16H,3-7,10-11,13H2,1-2H3. The molecule has 28 heavy (non-hydrogen) atoms. The highest BCUT2D eigenvalue weighted by Gasteiger charge is 2.31. The van der Waals surface area contributed by atoms with Crippen molar-refractivity contribution in [1.82, 2.24) is 19.9 Å². The molecule has 7 heteroatoms. The Kier molecular flexibility index (Phi) is 5.50. The molecule has 0 N–H and O–H groups in total. The number of ether oxygens (including phenoxy) is 2. The number of hydrogen-bond donors (Lipinski definition) is 0. The largest absolute Gasteiger partial charge is 0.497 e. The molecule has 1 amide bonds. The molecule has 4 rings (SSSR count). The Hall–Kier alpha value is -2.57. The summed E-state index contributed by atoms with van der Waals surface area (Å²) in [6, 6.07) is 6.21. The lowest BCUT2D eigenvalue weighted by atomic mass is 9.96. The van der Waals surface area contributed by atoms with Crippen LogP contribution < -0.4 is 9.47 Å². The third kappa shape index (κ3) is 3.70. The normalized spacial score (nSPS) is 20.4. The molecule has 1 saturated carbocycles. The number of amides is 1. The zero-order chi connectivity index (χ0) is 19.5. The highest BCUT2D eigenvalue weighted by Crippen LogP contribution is 2.36. The van der Waals surface area contributed by atoms with Crippen LogP contribution in [0.5, 0.6) is 11.5 Å². The van der Waals surface area contributed by atoms with Gasteiger partial charge in [0.25, 0.3) is 5.91 Å². The van der Waals surface area contributed by atoms with Crippen LogP contribution in [-0.4, -0.2) is 53.1 Å². The summed E-state index contributed by atoms with van der Waals surface area (Å²) in [5, 5.41) is 8.41. The van der Waals surface area contributed by atoms with Crippen LogP contribution in [0.4, 0.5) is 0 Å². The Balaban J connectivity index is 1.46. The molecule has 150 valence electrons. The Morgan fingerprint density at radius 1 is 1.11 bits per heavy atom. The SMILES string of the molecule is COc1ccc(OC)c(C2CCN(C(=O)c3cn(C4CCCCC4)nn3)C2)c1. The second kappa shape index (κ2) is 8.20. The van der Waals surface area contributed by atoms with Gasteiger partial charge in [-0.05, 0) is 37.5 Å². The number of hydrogen-bond acceptors (Lipinski definition) is 5. The minimum Gasteiger partial charge on any atom is -0.497 e. The average Bonchev–Trinajstić information content (AvgIpc) is 3.43. The Morgan fingerprint density at radius 3 is 2.68 bits per heavy atom. The Morgan fingerprint density at radius 2 is 1.93 bits per heavy atom. The number of benzene rings is 1. The molecule has 0 radical (unpaired) electrons. The molecule has 2 fully saturated rings. The summed E-state index contributed by atoms with van der Waals surface area (Å²) in [7, 11) is 3.33. The summed E-state index contributed by atoms with van der Waals surface area (Å²) in [6.45, 7) is 1.36. The molecule has 1 aliphatic carbocycles. The molecule has 0 spiro atoms. The molecule has 0 bridgehead atoms. The van der Waals surface area contributed by atoms with E-state index in [0.717, 1.165) is 36.3 Å². The summed E-state index contributed by atoms with van der Waals surface area (Å²) >= 11 is 0. The molecule has 2 heterocycles.